The minimum Gasteiger partial charge on any atom is -0.203 e. The highest BCUT2D eigenvalue weighted by atomic mass is 19.2. The molecule has 0 amide bonds. The minimum atomic E-state index is -0.731. The van der Waals surface area contributed by atoms with E-state index in [-0.39, 0.29) is 0 Å². The van der Waals surface area contributed by atoms with E-state index in [0.717, 1.165) is 30.7 Å². The van der Waals surface area contributed by atoms with Crippen LogP contribution in [0.1, 0.15) is 76.3 Å². The second-order valence-corrected chi connectivity index (χ2v) is 9.24. The molecule has 1 aliphatic carbocycles. The van der Waals surface area contributed by atoms with Crippen LogP contribution in [0.2, 0.25) is 0 Å². The predicted octanol–water partition coefficient (Wildman–Crippen LogP) is 9.24. The van der Waals surface area contributed by atoms with Gasteiger partial charge in [-0.3, -0.25) is 0 Å². The third-order valence-corrected chi connectivity index (χ3v) is 6.82. The zero-order valence-corrected chi connectivity index (χ0v) is 19.8. The Morgan fingerprint density at radius 1 is 0.844 bits per heavy atom. The van der Waals surface area contributed by atoms with Gasteiger partial charge >= 0.3 is 0 Å². The molecule has 0 radical (unpaired) electrons. The Balaban J connectivity index is 1.50. The zero-order valence-electron chi connectivity index (χ0n) is 19.8. The van der Waals surface area contributed by atoms with Crippen molar-refractivity contribution in [3.63, 3.8) is 0 Å². The lowest BCUT2D eigenvalue weighted by Gasteiger charge is -2.26. The highest BCUT2D eigenvalue weighted by Crippen LogP contribution is 2.32. The summed E-state index contributed by atoms with van der Waals surface area (Å²) in [5, 5.41) is 0. The normalized spacial score (nSPS) is 19.2. The van der Waals surface area contributed by atoms with Gasteiger partial charge in [-0.1, -0.05) is 74.0 Å². The van der Waals surface area contributed by atoms with Crippen LogP contribution in [0, 0.1) is 23.5 Å². The fraction of sp³-hybridized carbons (Fsp3) is 0.467. The predicted molar refractivity (Wildman–Crippen MR) is 133 cm³/mol. The lowest BCUT2D eigenvalue weighted by Crippen LogP contribution is -2.12. The Kier molecular flexibility index (Phi) is 9.71. The molecule has 1 aliphatic rings. The standard InChI is InChI=1S/C30H38F2/c1-3-5-6-10-24-13-15-25(16-14-24)11-7-8-12-27-21-22-28(30(32)29(27)31)26-19-17-23(9-4-2)18-20-26/h3,5,7,11,17-22,24-25H,4,6,8-10,12-16H2,1-2H3/b5-3+,11-7+. The molecule has 0 heterocycles. The molecule has 0 spiro atoms. The van der Waals surface area contributed by atoms with Gasteiger partial charge in [0, 0.05) is 5.56 Å². The molecule has 0 saturated heterocycles. The highest BCUT2D eigenvalue weighted by Gasteiger charge is 2.19. The molecular formula is C30H38F2. The Hall–Kier alpha value is -2.22. The number of aryl methyl sites for hydroxylation is 2. The first-order valence-corrected chi connectivity index (χ1v) is 12.5. The molecule has 2 heteroatoms. The van der Waals surface area contributed by atoms with E-state index >= 15 is 0 Å². The Labute approximate surface area is 193 Å². The van der Waals surface area contributed by atoms with Gasteiger partial charge in [-0.05, 0) is 93.2 Å². The molecule has 0 nitrogen and oxygen atoms in total. The van der Waals surface area contributed by atoms with Gasteiger partial charge in [0.15, 0.2) is 11.6 Å². The molecule has 0 bridgehead atoms. The van der Waals surface area contributed by atoms with E-state index in [0.29, 0.717) is 23.5 Å². The van der Waals surface area contributed by atoms with Crippen LogP contribution >= 0.6 is 0 Å². The topological polar surface area (TPSA) is 0 Å². The van der Waals surface area contributed by atoms with Crippen LogP contribution in [0.4, 0.5) is 8.78 Å². The second-order valence-electron chi connectivity index (χ2n) is 9.24. The van der Waals surface area contributed by atoms with E-state index in [2.05, 4.69) is 38.2 Å². The van der Waals surface area contributed by atoms with Crippen molar-refractivity contribution in [2.45, 2.75) is 78.1 Å². The monoisotopic (exact) mass is 436 g/mol. The van der Waals surface area contributed by atoms with Crippen LogP contribution in [0.15, 0.2) is 60.7 Å². The summed E-state index contributed by atoms with van der Waals surface area (Å²) in [5.74, 6) is 0.0861. The van der Waals surface area contributed by atoms with Crippen molar-refractivity contribution < 1.29 is 8.78 Å². The quantitative estimate of drug-likeness (QED) is 0.326. The van der Waals surface area contributed by atoms with E-state index in [4.69, 9.17) is 0 Å². The highest BCUT2D eigenvalue weighted by molar-refractivity contribution is 5.65. The summed E-state index contributed by atoms with van der Waals surface area (Å²) in [6.07, 6.45) is 19.9. The van der Waals surface area contributed by atoms with Crippen LogP contribution in [-0.4, -0.2) is 0 Å². The van der Waals surface area contributed by atoms with Crippen molar-refractivity contribution in [1.29, 1.82) is 0 Å². The van der Waals surface area contributed by atoms with Crippen LogP contribution in [-0.2, 0) is 12.8 Å². The smallest absolute Gasteiger partial charge is 0.166 e. The molecule has 2 aromatic carbocycles. The summed E-state index contributed by atoms with van der Waals surface area (Å²) < 4.78 is 29.4. The molecule has 172 valence electrons. The third-order valence-electron chi connectivity index (χ3n) is 6.82. The number of halogens is 2. The molecule has 3 rings (SSSR count). The maximum absolute atomic E-state index is 14.7. The Morgan fingerprint density at radius 2 is 1.59 bits per heavy atom. The molecule has 0 N–H and O–H groups in total. The van der Waals surface area contributed by atoms with Crippen molar-refractivity contribution in [2.24, 2.45) is 11.8 Å². The van der Waals surface area contributed by atoms with Crippen molar-refractivity contribution >= 4 is 0 Å². The minimum absolute atomic E-state index is 0.344. The van der Waals surface area contributed by atoms with E-state index in [1.165, 1.54) is 44.1 Å². The van der Waals surface area contributed by atoms with Gasteiger partial charge in [-0.15, -0.1) is 0 Å². The molecule has 0 unspecified atom stereocenters. The van der Waals surface area contributed by atoms with Crippen molar-refractivity contribution in [2.75, 3.05) is 0 Å². The first-order valence-electron chi connectivity index (χ1n) is 12.5. The second kappa shape index (κ2) is 12.7. The molecular weight excluding hydrogens is 398 g/mol. The Morgan fingerprint density at radius 3 is 2.28 bits per heavy atom. The number of hydrogen-bond donors (Lipinski definition) is 0. The maximum Gasteiger partial charge on any atom is 0.166 e. The van der Waals surface area contributed by atoms with Gasteiger partial charge in [0.05, 0.1) is 0 Å². The first-order chi connectivity index (χ1) is 15.6. The van der Waals surface area contributed by atoms with Crippen molar-refractivity contribution in [3.05, 3.63) is 83.5 Å². The molecule has 1 saturated carbocycles. The van der Waals surface area contributed by atoms with Gasteiger partial charge < -0.3 is 0 Å². The van der Waals surface area contributed by atoms with E-state index in [9.17, 15) is 8.78 Å². The molecule has 2 aromatic rings. The lowest BCUT2D eigenvalue weighted by molar-refractivity contribution is 0.297. The largest absolute Gasteiger partial charge is 0.203 e. The number of hydrogen-bond acceptors (Lipinski definition) is 0. The Bertz CT molecular complexity index is 884. The molecule has 32 heavy (non-hydrogen) atoms. The fourth-order valence-corrected chi connectivity index (χ4v) is 4.84. The molecule has 0 aliphatic heterocycles. The maximum atomic E-state index is 14.7. The summed E-state index contributed by atoms with van der Waals surface area (Å²) in [6.45, 7) is 4.22. The molecule has 1 fully saturated rings. The van der Waals surface area contributed by atoms with Crippen molar-refractivity contribution in [3.8, 4) is 11.1 Å². The first kappa shape index (κ1) is 24.4. The summed E-state index contributed by atoms with van der Waals surface area (Å²) in [7, 11) is 0. The molecule has 0 aromatic heterocycles. The van der Waals surface area contributed by atoms with Crippen LogP contribution < -0.4 is 0 Å². The van der Waals surface area contributed by atoms with E-state index in [1.54, 1.807) is 12.1 Å². The third kappa shape index (κ3) is 6.89. The van der Waals surface area contributed by atoms with Crippen LogP contribution in [0.25, 0.3) is 11.1 Å². The summed E-state index contributed by atoms with van der Waals surface area (Å²) in [5.41, 5.74) is 2.76. The van der Waals surface area contributed by atoms with E-state index < -0.39 is 11.6 Å². The summed E-state index contributed by atoms with van der Waals surface area (Å²) >= 11 is 0. The fourth-order valence-electron chi connectivity index (χ4n) is 4.84. The van der Waals surface area contributed by atoms with Gasteiger partial charge in [0.2, 0.25) is 0 Å². The van der Waals surface area contributed by atoms with Gasteiger partial charge in [0.25, 0.3) is 0 Å². The number of benzene rings is 2. The number of allylic oxidation sites excluding steroid dienone is 4. The average molecular weight is 437 g/mol. The summed E-state index contributed by atoms with van der Waals surface area (Å²) in [6, 6.07) is 11.3. The van der Waals surface area contributed by atoms with Crippen LogP contribution in [0.3, 0.4) is 0 Å². The van der Waals surface area contributed by atoms with Crippen LogP contribution in [0.5, 0.6) is 0 Å². The zero-order chi connectivity index (χ0) is 22.8. The van der Waals surface area contributed by atoms with Gasteiger partial charge in [-0.2, -0.15) is 0 Å². The molecule has 0 atom stereocenters. The van der Waals surface area contributed by atoms with Gasteiger partial charge in [-0.25, -0.2) is 8.78 Å². The number of rotatable bonds is 10. The average Bonchev–Trinajstić information content (AvgIpc) is 2.81. The summed E-state index contributed by atoms with van der Waals surface area (Å²) in [4.78, 5) is 0. The van der Waals surface area contributed by atoms with E-state index in [1.807, 2.05) is 24.3 Å². The van der Waals surface area contributed by atoms with Crippen molar-refractivity contribution in [1.82, 2.24) is 0 Å². The van der Waals surface area contributed by atoms with Gasteiger partial charge in [0.1, 0.15) is 0 Å². The lowest BCUT2D eigenvalue weighted by atomic mass is 9.80. The SMILES string of the molecule is C/C=C/CCC1CCC(/C=C/CCc2ccc(-c3ccc(CCC)cc3)c(F)c2F)CC1.